The van der Waals surface area contributed by atoms with Crippen LogP contribution in [0.2, 0.25) is 5.02 Å². The van der Waals surface area contributed by atoms with Gasteiger partial charge in [-0.15, -0.1) is 11.8 Å². The first-order valence-electron chi connectivity index (χ1n) is 4.95. The van der Waals surface area contributed by atoms with Crippen molar-refractivity contribution in [3.05, 3.63) is 34.9 Å². The Morgan fingerprint density at radius 1 is 1.29 bits per heavy atom. The van der Waals surface area contributed by atoms with E-state index in [1.54, 1.807) is 0 Å². The Balaban J connectivity index is 2.69. The van der Waals surface area contributed by atoms with Gasteiger partial charge in [0.2, 0.25) is 0 Å². The minimum absolute atomic E-state index is 0.419. The largest absolute Gasteiger partial charge is 0.104 e. The molecule has 0 fully saturated rings. The van der Waals surface area contributed by atoms with Gasteiger partial charge in [0.15, 0.2) is 0 Å². The molecule has 0 bridgehead atoms. The minimum atomic E-state index is 0.419. The Morgan fingerprint density at radius 2 is 2.00 bits per heavy atom. The summed E-state index contributed by atoms with van der Waals surface area (Å²) in [6.07, 6.45) is 1.81. The highest BCUT2D eigenvalue weighted by molar-refractivity contribution is 6.31. The standard InChI is InChI=1S/C13H15Cl/c1-3-4-5-8-11(2)12-9-6-7-10-13(12)14/h6-7,9-11H,3,8H2,1-2H3. The Morgan fingerprint density at radius 3 is 2.64 bits per heavy atom. The van der Waals surface area contributed by atoms with Crippen molar-refractivity contribution in [2.75, 3.05) is 0 Å². The summed E-state index contributed by atoms with van der Waals surface area (Å²) in [6, 6.07) is 7.97. The van der Waals surface area contributed by atoms with Crippen LogP contribution in [-0.2, 0) is 0 Å². The van der Waals surface area contributed by atoms with Crippen LogP contribution in [0.4, 0.5) is 0 Å². The van der Waals surface area contributed by atoms with Crippen molar-refractivity contribution in [2.45, 2.75) is 32.6 Å². The summed E-state index contributed by atoms with van der Waals surface area (Å²) in [5.74, 6) is 6.65. The molecule has 74 valence electrons. The zero-order valence-corrected chi connectivity index (χ0v) is 9.43. The van der Waals surface area contributed by atoms with Crippen LogP contribution < -0.4 is 0 Å². The van der Waals surface area contributed by atoms with Crippen molar-refractivity contribution in [1.82, 2.24) is 0 Å². The maximum atomic E-state index is 6.08. The highest BCUT2D eigenvalue weighted by Gasteiger charge is 2.06. The Hall–Kier alpha value is -0.930. The fourth-order valence-electron chi connectivity index (χ4n) is 1.33. The van der Waals surface area contributed by atoms with Gasteiger partial charge in [-0.25, -0.2) is 0 Å². The van der Waals surface area contributed by atoms with E-state index in [1.807, 2.05) is 18.2 Å². The molecule has 1 atom stereocenters. The van der Waals surface area contributed by atoms with Gasteiger partial charge < -0.3 is 0 Å². The molecular formula is C13H15Cl. The van der Waals surface area contributed by atoms with Crippen LogP contribution in [0.25, 0.3) is 0 Å². The molecule has 0 nitrogen and oxygen atoms in total. The third-order valence-corrected chi connectivity index (χ3v) is 2.49. The molecule has 0 aliphatic heterocycles. The molecule has 1 rings (SSSR count). The minimum Gasteiger partial charge on any atom is -0.104 e. The lowest BCUT2D eigenvalue weighted by Crippen LogP contribution is -1.92. The summed E-state index contributed by atoms with van der Waals surface area (Å²) in [5.41, 5.74) is 1.19. The molecule has 0 aliphatic carbocycles. The molecule has 1 aromatic rings. The fraction of sp³-hybridized carbons (Fsp3) is 0.385. The first-order chi connectivity index (χ1) is 6.75. The quantitative estimate of drug-likeness (QED) is 0.635. The van der Waals surface area contributed by atoms with E-state index >= 15 is 0 Å². The van der Waals surface area contributed by atoms with Crippen molar-refractivity contribution < 1.29 is 0 Å². The van der Waals surface area contributed by atoms with Gasteiger partial charge in [-0.1, -0.05) is 43.6 Å². The number of hydrogen-bond acceptors (Lipinski definition) is 0. The van der Waals surface area contributed by atoms with E-state index < -0.39 is 0 Å². The van der Waals surface area contributed by atoms with Gasteiger partial charge in [-0.05, 0) is 17.5 Å². The molecule has 0 saturated heterocycles. The fourth-order valence-corrected chi connectivity index (χ4v) is 1.66. The van der Waals surface area contributed by atoms with Crippen molar-refractivity contribution >= 4 is 11.6 Å². The second kappa shape index (κ2) is 5.73. The molecule has 0 amide bonds. The molecule has 1 unspecified atom stereocenters. The summed E-state index contributed by atoms with van der Waals surface area (Å²) in [6.45, 7) is 4.22. The zero-order valence-electron chi connectivity index (χ0n) is 8.68. The number of hydrogen-bond donors (Lipinski definition) is 0. The van der Waals surface area contributed by atoms with Crippen LogP contribution in [0.3, 0.4) is 0 Å². The van der Waals surface area contributed by atoms with E-state index in [9.17, 15) is 0 Å². The maximum Gasteiger partial charge on any atom is 0.0441 e. The van der Waals surface area contributed by atoms with E-state index in [0.29, 0.717) is 5.92 Å². The third kappa shape index (κ3) is 3.09. The highest BCUT2D eigenvalue weighted by atomic mass is 35.5. The second-order valence-corrected chi connectivity index (χ2v) is 3.74. The lowest BCUT2D eigenvalue weighted by atomic mass is 9.98. The number of halogens is 1. The van der Waals surface area contributed by atoms with Crippen molar-refractivity contribution in [3.63, 3.8) is 0 Å². The zero-order chi connectivity index (χ0) is 10.4. The van der Waals surface area contributed by atoms with Gasteiger partial charge >= 0.3 is 0 Å². The first kappa shape index (κ1) is 11.1. The molecule has 1 heteroatoms. The molecule has 1 aromatic carbocycles. The van der Waals surface area contributed by atoms with Crippen LogP contribution in [0.1, 0.15) is 38.2 Å². The van der Waals surface area contributed by atoms with Crippen LogP contribution in [0, 0.1) is 11.8 Å². The van der Waals surface area contributed by atoms with E-state index in [0.717, 1.165) is 17.9 Å². The first-order valence-corrected chi connectivity index (χ1v) is 5.33. The van der Waals surface area contributed by atoms with Crippen molar-refractivity contribution in [1.29, 1.82) is 0 Å². The van der Waals surface area contributed by atoms with Gasteiger partial charge in [0, 0.05) is 17.9 Å². The second-order valence-electron chi connectivity index (χ2n) is 3.33. The van der Waals surface area contributed by atoms with Gasteiger partial charge in [0.25, 0.3) is 0 Å². The molecule has 0 N–H and O–H groups in total. The van der Waals surface area contributed by atoms with Gasteiger partial charge in [-0.3, -0.25) is 0 Å². The Labute approximate surface area is 91.3 Å². The lowest BCUT2D eigenvalue weighted by Gasteiger charge is -2.09. The van der Waals surface area contributed by atoms with Gasteiger partial charge in [-0.2, -0.15) is 0 Å². The van der Waals surface area contributed by atoms with Gasteiger partial charge in [0.1, 0.15) is 0 Å². The summed E-state index contributed by atoms with van der Waals surface area (Å²) in [4.78, 5) is 0. The van der Waals surface area contributed by atoms with Crippen LogP contribution in [-0.4, -0.2) is 0 Å². The van der Waals surface area contributed by atoms with Crippen molar-refractivity contribution in [2.24, 2.45) is 0 Å². The highest BCUT2D eigenvalue weighted by Crippen LogP contribution is 2.25. The summed E-state index contributed by atoms with van der Waals surface area (Å²) < 4.78 is 0. The number of benzene rings is 1. The monoisotopic (exact) mass is 206 g/mol. The SMILES string of the molecule is CCC#CCC(C)c1ccccc1Cl. The molecular weight excluding hydrogens is 192 g/mol. The summed E-state index contributed by atoms with van der Waals surface area (Å²) in [5, 5.41) is 0.846. The van der Waals surface area contributed by atoms with E-state index in [4.69, 9.17) is 11.6 Å². The normalized spacial score (nSPS) is 11.6. The van der Waals surface area contributed by atoms with E-state index in [-0.39, 0.29) is 0 Å². The Kier molecular flexibility index (Phi) is 4.56. The predicted molar refractivity (Wildman–Crippen MR) is 62.6 cm³/mol. The van der Waals surface area contributed by atoms with Crippen molar-refractivity contribution in [3.8, 4) is 11.8 Å². The van der Waals surface area contributed by atoms with Gasteiger partial charge in [0.05, 0.1) is 0 Å². The van der Waals surface area contributed by atoms with Crippen LogP contribution in [0.5, 0.6) is 0 Å². The summed E-state index contributed by atoms with van der Waals surface area (Å²) in [7, 11) is 0. The molecule has 0 aromatic heterocycles. The van der Waals surface area contributed by atoms with E-state index in [1.165, 1.54) is 5.56 Å². The molecule has 0 aliphatic rings. The lowest BCUT2D eigenvalue weighted by molar-refractivity contribution is 0.795. The molecule has 14 heavy (non-hydrogen) atoms. The summed E-state index contributed by atoms with van der Waals surface area (Å²) >= 11 is 6.08. The maximum absolute atomic E-state index is 6.08. The number of rotatable bonds is 2. The van der Waals surface area contributed by atoms with E-state index in [2.05, 4.69) is 31.8 Å². The Bertz CT molecular complexity index is 344. The molecule has 0 radical (unpaired) electrons. The predicted octanol–water partition coefficient (Wildman–Crippen LogP) is 4.25. The molecule has 0 saturated carbocycles. The molecule has 0 spiro atoms. The smallest absolute Gasteiger partial charge is 0.0441 e. The average Bonchev–Trinajstić information content (AvgIpc) is 2.18. The van der Waals surface area contributed by atoms with Crippen LogP contribution in [0.15, 0.2) is 24.3 Å². The molecule has 0 heterocycles. The third-order valence-electron chi connectivity index (χ3n) is 2.15. The van der Waals surface area contributed by atoms with Crippen LogP contribution >= 0.6 is 11.6 Å². The topological polar surface area (TPSA) is 0 Å². The average molecular weight is 207 g/mol.